The van der Waals surface area contributed by atoms with Gasteiger partial charge in [0.1, 0.15) is 0 Å². The summed E-state index contributed by atoms with van der Waals surface area (Å²) in [5, 5.41) is 8.24. The molecule has 1 aliphatic carbocycles. The summed E-state index contributed by atoms with van der Waals surface area (Å²) in [7, 11) is 0. The first-order valence-electron chi connectivity index (χ1n) is 2.40. The van der Waals surface area contributed by atoms with Gasteiger partial charge in [0.25, 0.3) is 0 Å². The molecule has 0 saturated heterocycles. The Morgan fingerprint density at radius 2 is 2.09 bits per heavy atom. The number of nitrogens with zero attached hydrogens (tertiary/aromatic N) is 1. The Morgan fingerprint density at radius 3 is 2.45 bits per heavy atom. The van der Waals surface area contributed by atoms with Crippen molar-refractivity contribution in [2.45, 2.75) is 0 Å². The monoisotopic (exact) mass is 254 g/mol. The maximum absolute atomic E-state index is 12.1. The van der Waals surface area contributed by atoms with Crippen LogP contribution in [0.4, 0.5) is 4.39 Å². The van der Waals surface area contributed by atoms with Crippen molar-refractivity contribution in [2.75, 3.05) is 0 Å². The molecule has 1 nitrogen and oxygen atoms in total. The minimum atomic E-state index is -0.436. The Kier molecular flexibility index (Phi) is 7.65. The number of hydrogen-bond acceptors (Lipinski definition) is 0. The zero-order chi connectivity index (χ0) is 6.69. The van der Waals surface area contributed by atoms with Crippen LogP contribution in [-0.2, 0) is 17.1 Å². The van der Waals surface area contributed by atoms with E-state index in [1.54, 1.807) is 0 Å². The van der Waals surface area contributed by atoms with Gasteiger partial charge in [0.2, 0.25) is 0 Å². The maximum atomic E-state index is 12.1. The van der Waals surface area contributed by atoms with E-state index in [0.717, 1.165) is 0 Å². The van der Waals surface area contributed by atoms with Crippen LogP contribution in [0.15, 0.2) is 35.4 Å². The fraction of sp³-hybridized carbons (Fsp3) is 0. The number of halogens is 2. The Morgan fingerprint density at radius 1 is 1.45 bits per heavy atom. The van der Waals surface area contributed by atoms with Crippen molar-refractivity contribution in [2.24, 2.45) is 0 Å². The van der Waals surface area contributed by atoms with Gasteiger partial charge in [-0.25, -0.2) is 0 Å². The predicted octanol–water partition coefficient (Wildman–Crippen LogP) is -2.04. The molecule has 11 heavy (non-hydrogen) atoms. The SMILES string of the molecule is [Br-].[Mn].[N]=C=C1C=C=C(F)C=C1. The van der Waals surface area contributed by atoms with Crippen LogP contribution in [0.2, 0.25) is 0 Å². The molecule has 1 aliphatic rings. The molecule has 58 valence electrons. The van der Waals surface area contributed by atoms with Crippen LogP contribution in [0.5, 0.6) is 0 Å². The van der Waals surface area contributed by atoms with Gasteiger partial charge in [-0.2, -0.15) is 4.39 Å². The number of hydrogen-bond donors (Lipinski definition) is 0. The average Bonchev–Trinajstić information content (AvgIpc) is 1.90. The van der Waals surface area contributed by atoms with Crippen LogP contribution in [0.3, 0.4) is 0 Å². The summed E-state index contributed by atoms with van der Waals surface area (Å²) in [6, 6.07) is 0. The topological polar surface area (TPSA) is 22.3 Å². The van der Waals surface area contributed by atoms with Crippen LogP contribution in [0, 0.1) is 0 Å². The first-order chi connectivity index (χ1) is 4.33. The molecule has 0 spiro atoms. The van der Waals surface area contributed by atoms with Gasteiger partial charge in [-0.05, 0) is 18.2 Å². The Balaban J connectivity index is 0. The fourth-order valence-electron chi connectivity index (χ4n) is 0.475. The van der Waals surface area contributed by atoms with E-state index in [-0.39, 0.29) is 34.1 Å². The number of allylic oxidation sites excluding steroid dienone is 4. The summed E-state index contributed by atoms with van der Waals surface area (Å²) >= 11 is 0. The van der Waals surface area contributed by atoms with Gasteiger partial charge in [0.15, 0.2) is 5.83 Å². The smallest absolute Gasteiger partial charge is 0.165 e. The Hall–Kier alpha value is -0.361. The summed E-state index contributed by atoms with van der Waals surface area (Å²) in [5.41, 5.74) is 2.69. The van der Waals surface area contributed by atoms with E-state index in [1.165, 1.54) is 18.2 Å². The van der Waals surface area contributed by atoms with Crippen molar-refractivity contribution in [3.05, 3.63) is 35.4 Å². The van der Waals surface area contributed by atoms with Crippen LogP contribution in [-0.4, -0.2) is 5.87 Å². The molecule has 0 aromatic heterocycles. The van der Waals surface area contributed by atoms with Crippen molar-refractivity contribution in [1.29, 1.82) is 0 Å². The van der Waals surface area contributed by atoms with Crippen molar-refractivity contribution in [3.63, 3.8) is 0 Å². The number of rotatable bonds is 0. The molecular weight excluding hydrogens is 252 g/mol. The third kappa shape index (κ3) is 4.15. The first kappa shape index (κ1) is 13.2. The fourth-order valence-corrected chi connectivity index (χ4v) is 0.475. The van der Waals surface area contributed by atoms with Crippen molar-refractivity contribution in [1.82, 2.24) is 5.41 Å². The third-order valence-corrected chi connectivity index (χ3v) is 0.904. The molecule has 0 saturated carbocycles. The average molecular weight is 255 g/mol. The van der Waals surface area contributed by atoms with Gasteiger partial charge in [0, 0.05) is 28.5 Å². The van der Waals surface area contributed by atoms with Crippen LogP contribution >= 0.6 is 0 Å². The summed E-state index contributed by atoms with van der Waals surface area (Å²) in [6.45, 7) is 0. The van der Waals surface area contributed by atoms with Crippen molar-refractivity contribution < 1.29 is 38.4 Å². The minimum Gasteiger partial charge on any atom is -1.00 e. The van der Waals surface area contributed by atoms with Crippen LogP contribution in [0.1, 0.15) is 0 Å². The van der Waals surface area contributed by atoms with Gasteiger partial charge in [0.05, 0.1) is 0 Å². The molecular formula is C7H3BrFMnN-. The first-order valence-corrected chi connectivity index (χ1v) is 2.40. The molecule has 0 aliphatic heterocycles. The molecule has 2 radical (unpaired) electrons. The standard InChI is InChI=1S/C7H3FN.BrH.Mn/c8-7-3-1-6(5-9)2-4-7;;/h1-3H;1H;/p-1. The van der Waals surface area contributed by atoms with E-state index in [0.29, 0.717) is 5.57 Å². The molecule has 0 bridgehead atoms. The molecule has 4 heteroatoms. The summed E-state index contributed by atoms with van der Waals surface area (Å²) < 4.78 is 12.1. The molecule has 1 rings (SSSR count). The Bertz CT molecular complexity index is 270. The molecule has 0 fully saturated rings. The van der Waals surface area contributed by atoms with Crippen molar-refractivity contribution >= 4 is 5.87 Å². The maximum Gasteiger partial charge on any atom is 0.165 e. The van der Waals surface area contributed by atoms with E-state index >= 15 is 0 Å². The molecule has 0 atom stereocenters. The molecule has 0 aromatic carbocycles. The molecule has 0 aromatic rings. The molecule has 0 amide bonds. The molecule has 0 heterocycles. The van der Waals surface area contributed by atoms with Crippen molar-refractivity contribution in [3.8, 4) is 0 Å². The van der Waals surface area contributed by atoms with Gasteiger partial charge in [-0.3, -0.25) is 0 Å². The van der Waals surface area contributed by atoms with E-state index < -0.39 is 5.83 Å². The van der Waals surface area contributed by atoms with E-state index in [2.05, 4.69) is 5.73 Å². The summed E-state index contributed by atoms with van der Waals surface area (Å²) in [6.07, 6.45) is 3.93. The van der Waals surface area contributed by atoms with Crippen LogP contribution < -0.4 is 22.4 Å². The van der Waals surface area contributed by atoms with Gasteiger partial charge < -0.3 is 17.0 Å². The minimum absolute atomic E-state index is 0. The largest absolute Gasteiger partial charge is 1.00 e. The third-order valence-electron chi connectivity index (χ3n) is 0.904. The van der Waals surface area contributed by atoms with E-state index in [9.17, 15) is 4.39 Å². The van der Waals surface area contributed by atoms with Gasteiger partial charge in [-0.15, -0.1) is 0 Å². The van der Waals surface area contributed by atoms with Gasteiger partial charge in [-0.1, -0.05) is 11.1 Å². The van der Waals surface area contributed by atoms with E-state index in [1.807, 2.05) is 5.87 Å². The quantitative estimate of drug-likeness (QED) is 0.270. The van der Waals surface area contributed by atoms with E-state index in [4.69, 9.17) is 5.41 Å². The second-order valence-electron chi connectivity index (χ2n) is 1.54. The zero-order valence-electron chi connectivity index (χ0n) is 5.31. The van der Waals surface area contributed by atoms with Crippen LogP contribution in [0.25, 0.3) is 0 Å². The van der Waals surface area contributed by atoms with Gasteiger partial charge >= 0.3 is 0 Å². The summed E-state index contributed by atoms with van der Waals surface area (Å²) in [4.78, 5) is 0. The molecule has 0 N–H and O–H groups in total. The second kappa shape index (κ2) is 6.36. The normalized spacial score (nSPS) is 12.5. The second-order valence-corrected chi connectivity index (χ2v) is 1.54. The zero-order valence-corrected chi connectivity index (χ0v) is 8.08. The molecule has 0 unspecified atom stereocenters. The summed E-state index contributed by atoms with van der Waals surface area (Å²) in [5.74, 6) is 1.42. The predicted molar refractivity (Wildman–Crippen MR) is 32.5 cm³/mol. The Labute approximate surface area is 85.1 Å².